The van der Waals surface area contributed by atoms with Gasteiger partial charge >= 0.3 is 12.0 Å². The smallest absolute Gasteiger partial charge is 0.329 e. The third-order valence-electron chi connectivity index (χ3n) is 2.66. The van der Waals surface area contributed by atoms with Crippen LogP contribution in [0.15, 0.2) is 12.1 Å². The number of rotatable bonds is 4. The van der Waals surface area contributed by atoms with E-state index in [1.807, 2.05) is 0 Å². The van der Waals surface area contributed by atoms with E-state index in [0.717, 1.165) is 0 Å². The van der Waals surface area contributed by atoms with Crippen LogP contribution < -0.4 is 11.1 Å². The Kier molecular flexibility index (Phi) is 7.15. The van der Waals surface area contributed by atoms with Crippen LogP contribution in [-0.4, -0.2) is 20.4 Å². The lowest BCUT2D eigenvalue weighted by Crippen LogP contribution is -2.28. The summed E-state index contributed by atoms with van der Waals surface area (Å²) in [5, 5.41) is 2.09. The fourth-order valence-electron chi connectivity index (χ4n) is 1.71. The Bertz CT molecular complexity index is 626. The summed E-state index contributed by atoms with van der Waals surface area (Å²) < 4.78 is 16.4. The van der Waals surface area contributed by atoms with Crippen molar-refractivity contribution in [3.63, 3.8) is 0 Å². The van der Waals surface area contributed by atoms with Crippen LogP contribution in [0.3, 0.4) is 0 Å². The number of alkyl halides is 3. The van der Waals surface area contributed by atoms with E-state index in [2.05, 4.69) is 30.6 Å². The van der Waals surface area contributed by atoms with Crippen LogP contribution in [0, 0.1) is 12.7 Å². The van der Waals surface area contributed by atoms with Gasteiger partial charge in [-0.25, -0.2) is 14.0 Å². The minimum atomic E-state index is -2.18. The zero-order chi connectivity index (χ0) is 17.9. The number of esters is 1. The molecule has 1 rings (SSSR count). The topological polar surface area (TPSA) is 81.4 Å². The van der Waals surface area contributed by atoms with Crippen molar-refractivity contribution < 1.29 is 18.7 Å². The van der Waals surface area contributed by atoms with Crippen LogP contribution in [0.2, 0.25) is 0 Å². The van der Waals surface area contributed by atoms with Gasteiger partial charge in [0, 0.05) is 5.56 Å². The Hall–Kier alpha value is -0.540. The van der Waals surface area contributed by atoms with E-state index in [9.17, 15) is 14.0 Å². The van der Waals surface area contributed by atoms with Crippen LogP contribution in [0.1, 0.15) is 17.2 Å². The van der Waals surface area contributed by atoms with Crippen molar-refractivity contribution in [2.45, 2.75) is 21.4 Å². The maximum Gasteiger partial charge on any atom is 0.329 e. The van der Waals surface area contributed by atoms with E-state index in [1.54, 1.807) is 0 Å². The molecule has 0 spiro atoms. The molecule has 11 heteroatoms. The van der Waals surface area contributed by atoms with Crippen molar-refractivity contribution in [3.8, 4) is 0 Å². The fourth-order valence-corrected chi connectivity index (χ4v) is 2.29. The van der Waals surface area contributed by atoms with Gasteiger partial charge in [0.15, 0.2) is 11.9 Å². The second kappa shape index (κ2) is 8.02. The first-order valence-corrected chi connectivity index (χ1v) is 8.10. The van der Waals surface area contributed by atoms with Gasteiger partial charge in [-0.2, -0.15) is 25.3 Å². The molecule has 0 bridgehead atoms. The number of nitrogens with one attached hydrogen (secondary N) is 1. The Morgan fingerprint density at radius 3 is 2.35 bits per heavy atom. The van der Waals surface area contributed by atoms with E-state index in [-0.39, 0.29) is 11.3 Å². The molecule has 0 fully saturated rings. The van der Waals surface area contributed by atoms with Crippen molar-refractivity contribution in [1.29, 1.82) is 0 Å². The average Bonchev–Trinajstić information content (AvgIpc) is 2.39. The molecule has 0 saturated heterocycles. The molecule has 1 aromatic rings. The highest BCUT2D eigenvalue weighted by molar-refractivity contribution is 8.00. The number of ether oxygens (including phenoxy) is 1. The number of amides is 2. The summed E-state index contributed by atoms with van der Waals surface area (Å²) in [5.74, 6) is -1.87. The van der Waals surface area contributed by atoms with Gasteiger partial charge in [0.1, 0.15) is 4.58 Å². The largest absolute Gasteiger partial charge is 0.451 e. The monoisotopic (exact) mass is 420 g/mol. The number of hydrogen-bond acceptors (Lipinski definition) is 5. The molecule has 128 valence electrons. The highest BCUT2D eigenvalue weighted by Gasteiger charge is 2.41. The summed E-state index contributed by atoms with van der Waals surface area (Å²) in [6.07, 6.45) is -1.59. The van der Waals surface area contributed by atoms with Crippen LogP contribution in [0.5, 0.6) is 0 Å². The first-order valence-electron chi connectivity index (χ1n) is 5.94. The lowest BCUT2D eigenvalue weighted by molar-refractivity contribution is -0.146. The third kappa shape index (κ3) is 5.49. The molecule has 0 radical (unpaired) electrons. The standard InChI is InChI=1S/C12H12Cl3FN2O3S2/c1-4-2-3-5(18-11(17)20)7(16)6(4)8(12(13,14)15)21-9(19)10(22)23/h2-3,8,10,22-23H,1H3,(H3,17,18,20). The molecule has 0 saturated carbocycles. The number of benzene rings is 1. The SMILES string of the molecule is Cc1ccc(NC(N)=O)c(F)c1C(OC(=O)C(S)S)C(Cl)(Cl)Cl. The van der Waals surface area contributed by atoms with E-state index >= 15 is 0 Å². The van der Waals surface area contributed by atoms with Crippen molar-refractivity contribution in [1.82, 2.24) is 0 Å². The zero-order valence-corrected chi connectivity index (χ0v) is 15.6. The Labute approximate surface area is 157 Å². The molecule has 0 aliphatic carbocycles. The van der Waals surface area contributed by atoms with Gasteiger partial charge in [0.05, 0.1) is 5.69 Å². The molecule has 2 amide bonds. The van der Waals surface area contributed by atoms with Crippen molar-refractivity contribution in [2.24, 2.45) is 5.73 Å². The maximum atomic E-state index is 14.6. The van der Waals surface area contributed by atoms with Crippen LogP contribution in [0.4, 0.5) is 14.9 Å². The van der Waals surface area contributed by atoms with Crippen LogP contribution >= 0.6 is 60.1 Å². The van der Waals surface area contributed by atoms with Gasteiger partial charge in [-0.05, 0) is 18.6 Å². The molecule has 1 unspecified atom stereocenters. The van der Waals surface area contributed by atoms with E-state index in [1.165, 1.54) is 19.1 Å². The number of aryl methyl sites for hydroxylation is 1. The molecule has 5 nitrogen and oxygen atoms in total. The highest BCUT2D eigenvalue weighted by atomic mass is 35.6. The van der Waals surface area contributed by atoms with Crippen LogP contribution in [-0.2, 0) is 9.53 Å². The molecule has 0 heterocycles. The van der Waals surface area contributed by atoms with Crippen molar-refractivity contribution in [3.05, 3.63) is 29.1 Å². The summed E-state index contributed by atoms with van der Waals surface area (Å²) in [5.41, 5.74) is 4.83. The number of urea groups is 1. The molecule has 0 aliphatic rings. The summed E-state index contributed by atoms with van der Waals surface area (Å²) in [6.45, 7) is 1.52. The Morgan fingerprint density at radius 2 is 1.91 bits per heavy atom. The lowest BCUT2D eigenvalue weighted by atomic mass is 10.0. The zero-order valence-electron chi connectivity index (χ0n) is 11.5. The second-order valence-electron chi connectivity index (χ2n) is 4.38. The summed E-state index contributed by atoms with van der Waals surface area (Å²) >= 11 is 25.0. The van der Waals surface area contributed by atoms with Gasteiger partial charge in [0.25, 0.3) is 0 Å². The summed E-state index contributed by atoms with van der Waals surface area (Å²) in [7, 11) is 0. The van der Waals surface area contributed by atoms with E-state index in [4.69, 9.17) is 45.3 Å². The quantitative estimate of drug-likeness (QED) is 0.258. The number of halogens is 4. The Balaban J connectivity index is 3.41. The van der Waals surface area contributed by atoms with E-state index in [0.29, 0.717) is 5.56 Å². The molecular formula is C12H12Cl3FN2O3S2. The third-order valence-corrected chi connectivity index (χ3v) is 3.68. The normalized spacial score (nSPS) is 12.9. The number of primary amides is 1. The number of anilines is 1. The molecule has 23 heavy (non-hydrogen) atoms. The molecule has 1 atom stereocenters. The van der Waals surface area contributed by atoms with Gasteiger partial charge in [-0.1, -0.05) is 40.9 Å². The molecule has 3 N–H and O–H groups in total. The highest BCUT2D eigenvalue weighted by Crippen LogP contribution is 2.45. The second-order valence-corrected chi connectivity index (χ2v) is 8.19. The van der Waals surface area contributed by atoms with Crippen LogP contribution in [0.25, 0.3) is 0 Å². The number of thiol groups is 2. The molecule has 0 aromatic heterocycles. The predicted octanol–water partition coefficient (Wildman–Crippen LogP) is 3.76. The number of carbonyl (C=O) groups excluding carboxylic acids is 2. The minimum absolute atomic E-state index is 0.216. The van der Waals surface area contributed by atoms with E-state index < -0.39 is 32.3 Å². The van der Waals surface area contributed by atoms with Gasteiger partial charge < -0.3 is 15.8 Å². The first-order chi connectivity index (χ1) is 10.4. The van der Waals surface area contributed by atoms with Gasteiger partial charge in [-0.15, -0.1) is 0 Å². The average molecular weight is 422 g/mol. The first kappa shape index (κ1) is 20.5. The van der Waals surface area contributed by atoms with Crippen molar-refractivity contribution >= 4 is 77.7 Å². The number of carbonyl (C=O) groups is 2. The molecule has 1 aromatic carbocycles. The predicted molar refractivity (Wildman–Crippen MR) is 95.2 cm³/mol. The fraction of sp³-hybridized carbons (Fsp3) is 0.333. The number of nitrogens with two attached hydrogens (primary N) is 1. The number of hydrogen-bond donors (Lipinski definition) is 4. The summed E-state index contributed by atoms with van der Waals surface area (Å²) in [4.78, 5) is 22.6. The molecular weight excluding hydrogens is 410 g/mol. The Morgan fingerprint density at radius 1 is 1.35 bits per heavy atom. The van der Waals surface area contributed by atoms with Gasteiger partial charge in [-0.3, -0.25) is 0 Å². The molecule has 0 aliphatic heterocycles. The summed E-state index contributed by atoms with van der Waals surface area (Å²) in [6, 6.07) is 1.74. The minimum Gasteiger partial charge on any atom is -0.451 e. The van der Waals surface area contributed by atoms with Crippen molar-refractivity contribution in [2.75, 3.05) is 5.32 Å². The maximum absolute atomic E-state index is 14.6. The lowest BCUT2D eigenvalue weighted by Gasteiger charge is -2.27. The van der Waals surface area contributed by atoms with Gasteiger partial charge in [0.2, 0.25) is 3.79 Å².